The lowest BCUT2D eigenvalue weighted by molar-refractivity contribution is -0.121. The first-order chi connectivity index (χ1) is 6.16. The van der Waals surface area contributed by atoms with Gasteiger partial charge in [-0.15, -0.1) is 0 Å². The molecule has 0 aromatic carbocycles. The van der Waals surface area contributed by atoms with E-state index >= 15 is 0 Å². The molecule has 0 aliphatic carbocycles. The molecule has 0 bridgehead atoms. The lowest BCUT2D eigenvalue weighted by Gasteiger charge is -2.37. The van der Waals surface area contributed by atoms with E-state index in [1.54, 1.807) is 0 Å². The molecule has 4 nitrogen and oxygen atoms in total. The van der Waals surface area contributed by atoms with E-state index < -0.39 is 5.60 Å². The monoisotopic (exact) mass is 186 g/mol. The van der Waals surface area contributed by atoms with Crippen molar-refractivity contribution >= 4 is 5.91 Å². The van der Waals surface area contributed by atoms with Crippen molar-refractivity contribution in [1.82, 2.24) is 10.6 Å². The maximum Gasteiger partial charge on any atom is 0.219 e. The zero-order valence-electron chi connectivity index (χ0n) is 8.10. The van der Waals surface area contributed by atoms with Crippen LogP contribution in [-0.2, 0) is 4.79 Å². The average molecular weight is 186 g/mol. The third-order valence-corrected chi connectivity index (χ3v) is 2.30. The van der Waals surface area contributed by atoms with Gasteiger partial charge in [-0.25, -0.2) is 0 Å². The van der Waals surface area contributed by atoms with Crippen LogP contribution in [0.5, 0.6) is 0 Å². The van der Waals surface area contributed by atoms with Gasteiger partial charge in [0.2, 0.25) is 5.91 Å². The third kappa shape index (κ3) is 3.32. The van der Waals surface area contributed by atoms with Crippen LogP contribution in [0.25, 0.3) is 0 Å². The van der Waals surface area contributed by atoms with Crippen molar-refractivity contribution in [3.63, 3.8) is 0 Å². The van der Waals surface area contributed by atoms with E-state index in [4.69, 9.17) is 0 Å². The standard InChI is InChI=1S/C9H18N2O2/c1-2-3-8(12)11-5-4-9(13)6-10-7-9/h10,13H,2-7H2,1H3,(H,11,12). The summed E-state index contributed by atoms with van der Waals surface area (Å²) in [6, 6.07) is 0. The molecule has 0 atom stereocenters. The van der Waals surface area contributed by atoms with E-state index in [0.29, 0.717) is 32.5 Å². The molecule has 1 rings (SSSR count). The highest BCUT2D eigenvalue weighted by atomic mass is 16.3. The summed E-state index contributed by atoms with van der Waals surface area (Å²) < 4.78 is 0. The van der Waals surface area contributed by atoms with Gasteiger partial charge in [-0.1, -0.05) is 6.92 Å². The predicted octanol–water partition coefficient (Wildman–Crippen LogP) is -0.373. The van der Waals surface area contributed by atoms with Crippen LogP contribution in [0.2, 0.25) is 0 Å². The Bertz CT molecular complexity index is 178. The molecule has 3 N–H and O–H groups in total. The van der Waals surface area contributed by atoms with Crippen molar-refractivity contribution in [2.45, 2.75) is 31.8 Å². The van der Waals surface area contributed by atoms with Crippen LogP contribution in [0.15, 0.2) is 0 Å². The Morgan fingerprint density at radius 2 is 2.31 bits per heavy atom. The van der Waals surface area contributed by atoms with Crippen molar-refractivity contribution in [2.24, 2.45) is 0 Å². The van der Waals surface area contributed by atoms with Gasteiger partial charge in [0, 0.05) is 26.1 Å². The van der Waals surface area contributed by atoms with Crippen LogP contribution in [-0.4, -0.2) is 36.2 Å². The largest absolute Gasteiger partial charge is 0.387 e. The first-order valence-corrected chi connectivity index (χ1v) is 4.86. The van der Waals surface area contributed by atoms with Crippen LogP contribution >= 0.6 is 0 Å². The van der Waals surface area contributed by atoms with Crippen LogP contribution < -0.4 is 10.6 Å². The van der Waals surface area contributed by atoms with Crippen LogP contribution in [0.4, 0.5) is 0 Å². The summed E-state index contributed by atoms with van der Waals surface area (Å²) in [5.74, 6) is 0.0818. The summed E-state index contributed by atoms with van der Waals surface area (Å²) in [6.45, 7) is 3.85. The van der Waals surface area contributed by atoms with Crippen molar-refractivity contribution in [2.75, 3.05) is 19.6 Å². The van der Waals surface area contributed by atoms with Gasteiger partial charge in [-0.3, -0.25) is 4.79 Å². The van der Waals surface area contributed by atoms with Gasteiger partial charge in [0.15, 0.2) is 0 Å². The molecular weight excluding hydrogens is 168 g/mol. The van der Waals surface area contributed by atoms with E-state index in [0.717, 1.165) is 6.42 Å². The Hall–Kier alpha value is -0.610. The topological polar surface area (TPSA) is 61.4 Å². The lowest BCUT2D eigenvalue weighted by atomic mass is 9.93. The minimum atomic E-state index is -0.570. The fraction of sp³-hybridized carbons (Fsp3) is 0.889. The average Bonchev–Trinajstić information content (AvgIpc) is 2.02. The first kappa shape index (κ1) is 10.5. The molecule has 1 fully saturated rings. The summed E-state index contributed by atoms with van der Waals surface area (Å²) in [7, 11) is 0. The Balaban J connectivity index is 2.03. The summed E-state index contributed by atoms with van der Waals surface area (Å²) in [4.78, 5) is 11.0. The van der Waals surface area contributed by atoms with Crippen molar-refractivity contribution in [3.8, 4) is 0 Å². The highest BCUT2D eigenvalue weighted by Gasteiger charge is 2.33. The number of β-amino-alcohol motifs (C(OH)–C–C–N with tert-alkyl or cyclic N) is 1. The Morgan fingerprint density at radius 3 is 2.77 bits per heavy atom. The maximum atomic E-state index is 11.0. The van der Waals surface area contributed by atoms with Gasteiger partial charge < -0.3 is 15.7 Å². The van der Waals surface area contributed by atoms with Crippen LogP contribution in [0.3, 0.4) is 0 Å². The van der Waals surface area contributed by atoms with Gasteiger partial charge in [-0.2, -0.15) is 0 Å². The van der Waals surface area contributed by atoms with Gasteiger partial charge >= 0.3 is 0 Å². The van der Waals surface area contributed by atoms with Gasteiger partial charge in [0.05, 0.1) is 5.60 Å². The normalized spacial score (nSPS) is 19.2. The second-order valence-electron chi connectivity index (χ2n) is 3.68. The molecule has 1 amide bonds. The maximum absolute atomic E-state index is 11.0. The molecule has 76 valence electrons. The number of aliphatic hydroxyl groups is 1. The second kappa shape index (κ2) is 4.58. The second-order valence-corrected chi connectivity index (χ2v) is 3.68. The Kier molecular flexibility index (Phi) is 3.69. The van der Waals surface area contributed by atoms with Gasteiger partial charge in [0.25, 0.3) is 0 Å². The lowest BCUT2D eigenvalue weighted by Crippen LogP contribution is -2.60. The minimum absolute atomic E-state index is 0.0818. The molecular formula is C9H18N2O2. The van der Waals surface area contributed by atoms with Crippen molar-refractivity contribution in [3.05, 3.63) is 0 Å². The van der Waals surface area contributed by atoms with Gasteiger partial charge in [0.1, 0.15) is 0 Å². The molecule has 1 heterocycles. The molecule has 0 aromatic heterocycles. The van der Waals surface area contributed by atoms with E-state index in [1.807, 2.05) is 6.92 Å². The molecule has 0 unspecified atom stereocenters. The number of carbonyl (C=O) groups is 1. The highest BCUT2D eigenvalue weighted by molar-refractivity contribution is 5.75. The van der Waals surface area contributed by atoms with Crippen molar-refractivity contribution in [1.29, 1.82) is 0 Å². The number of hydrogen-bond donors (Lipinski definition) is 3. The number of carbonyl (C=O) groups excluding carboxylic acids is 1. The molecule has 1 aliphatic rings. The molecule has 1 aliphatic heterocycles. The molecule has 4 heteroatoms. The van der Waals surface area contributed by atoms with Crippen LogP contribution in [0.1, 0.15) is 26.2 Å². The zero-order valence-corrected chi connectivity index (χ0v) is 8.10. The number of amides is 1. The quantitative estimate of drug-likeness (QED) is 0.549. The molecule has 0 spiro atoms. The smallest absolute Gasteiger partial charge is 0.219 e. The Morgan fingerprint density at radius 1 is 1.62 bits per heavy atom. The summed E-state index contributed by atoms with van der Waals surface area (Å²) in [5, 5.41) is 15.4. The minimum Gasteiger partial charge on any atom is -0.387 e. The molecule has 0 radical (unpaired) electrons. The van der Waals surface area contributed by atoms with Crippen LogP contribution in [0, 0.1) is 0 Å². The van der Waals surface area contributed by atoms with Gasteiger partial charge in [-0.05, 0) is 12.8 Å². The van der Waals surface area contributed by atoms with E-state index in [9.17, 15) is 9.90 Å². The predicted molar refractivity (Wildman–Crippen MR) is 50.4 cm³/mol. The SMILES string of the molecule is CCCC(=O)NCCC1(O)CNC1. The van der Waals surface area contributed by atoms with Crippen molar-refractivity contribution < 1.29 is 9.90 Å². The fourth-order valence-corrected chi connectivity index (χ4v) is 1.34. The zero-order chi connectivity index (χ0) is 9.73. The Labute approximate surface area is 78.7 Å². The summed E-state index contributed by atoms with van der Waals surface area (Å²) in [6.07, 6.45) is 2.10. The number of hydrogen-bond acceptors (Lipinski definition) is 3. The molecule has 13 heavy (non-hydrogen) atoms. The molecule has 1 saturated heterocycles. The molecule has 0 saturated carbocycles. The summed E-state index contributed by atoms with van der Waals surface area (Å²) in [5.41, 5.74) is -0.570. The van der Waals surface area contributed by atoms with E-state index in [-0.39, 0.29) is 5.91 Å². The fourth-order valence-electron chi connectivity index (χ4n) is 1.34. The first-order valence-electron chi connectivity index (χ1n) is 4.86. The molecule has 0 aromatic rings. The highest BCUT2D eigenvalue weighted by Crippen LogP contribution is 2.13. The number of rotatable bonds is 5. The summed E-state index contributed by atoms with van der Waals surface area (Å²) >= 11 is 0. The number of nitrogens with one attached hydrogen (secondary N) is 2. The van der Waals surface area contributed by atoms with E-state index in [1.165, 1.54) is 0 Å². The van der Waals surface area contributed by atoms with E-state index in [2.05, 4.69) is 10.6 Å². The third-order valence-electron chi connectivity index (χ3n) is 2.30.